The van der Waals surface area contributed by atoms with E-state index in [0.29, 0.717) is 23.5 Å². The van der Waals surface area contributed by atoms with Gasteiger partial charge in [-0.2, -0.15) is 0 Å². The molecular weight excluding hydrogens is 264 g/mol. The van der Waals surface area contributed by atoms with E-state index in [-0.39, 0.29) is 17.1 Å². The van der Waals surface area contributed by atoms with E-state index < -0.39 is 0 Å². The van der Waals surface area contributed by atoms with E-state index >= 15 is 0 Å². The van der Waals surface area contributed by atoms with Crippen LogP contribution in [-0.4, -0.2) is 26.3 Å². The molecule has 0 heterocycles. The lowest BCUT2D eigenvalue weighted by Gasteiger charge is -2.60. The maximum Gasteiger partial charge on any atom is 0.157 e. The third-order valence-corrected chi connectivity index (χ3v) is 7.06. The molecule has 2 saturated carbocycles. The van der Waals surface area contributed by atoms with Crippen molar-refractivity contribution < 1.29 is 14.3 Å². The van der Waals surface area contributed by atoms with E-state index in [2.05, 4.69) is 27.7 Å². The molecule has 0 radical (unpaired) electrons. The number of fused-ring (bicyclic) bond motifs is 1. The molecule has 2 aliphatic carbocycles. The van der Waals surface area contributed by atoms with E-state index in [9.17, 15) is 4.79 Å². The molecule has 0 N–H and O–H groups in total. The molecule has 0 aromatic rings. The Balaban J connectivity index is 2.34. The van der Waals surface area contributed by atoms with Crippen LogP contribution >= 0.6 is 0 Å². The van der Waals surface area contributed by atoms with Crippen molar-refractivity contribution >= 4 is 5.78 Å². The molecule has 3 nitrogen and oxygen atoms in total. The molecular formula is C18H32O3. The molecule has 0 aromatic heterocycles. The first-order chi connectivity index (χ1) is 9.77. The molecule has 21 heavy (non-hydrogen) atoms. The average Bonchev–Trinajstić information content (AvgIpc) is 2.44. The predicted molar refractivity (Wildman–Crippen MR) is 83.9 cm³/mol. The molecule has 0 spiro atoms. The van der Waals surface area contributed by atoms with E-state index in [1.54, 1.807) is 14.2 Å². The van der Waals surface area contributed by atoms with E-state index in [4.69, 9.17) is 9.47 Å². The quantitative estimate of drug-likeness (QED) is 0.734. The SMILES string of the molecule is COC(CC1(C)C(C)CCC2(C)C(C)CC(=O)CC21)OC. The van der Waals surface area contributed by atoms with Crippen LogP contribution < -0.4 is 0 Å². The summed E-state index contributed by atoms with van der Waals surface area (Å²) in [7, 11) is 3.41. The van der Waals surface area contributed by atoms with Crippen molar-refractivity contribution in [3.05, 3.63) is 0 Å². The zero-order valence-corrected chi connectivity index (χ0v) is 14.6. The minimum Gasteiger partial charge on any atom is -0.356 e. The summed E-state index contributed by atoms with van der Waals surface area (Å²) in [4.78, 5) is 12.2. The van der Waals surface area contributed by atoms with Crippen molar-refractivity contribution in [2.45, 2.75) is 66.1 Å². The van der Waals surface area contributed by atoms with Gasteiger partial charge in [-0.15, -0.1) is 0 Å². The third kappa shape index (κ3) is 2.79. The minimum atomic E-state index is -0.174. The predicted octanol–water partition coefficient (Wildman–Crippen LogP) is 4.05. The summed E-state index contributed by atoms with van der Waals surface area (Å²) in [6, 6.07) is 0. The van der Waals surface area contributed by atoms with Crippen LogP contribution in [0.1, 0.15) is 59.8 Å². The Hall–Kier alpha value is -0.410. The smallest absolute Gasteiger partial charge is 0.157 e. The van der Waals surface area contributed by atoms with Crippen molar-refractivity contribution in [3.63, 3.8) is 0 Å². The van der Waals surface area contributed by atoms with E-state index in [1.807, 2.05) is 0 Å². The van der Waals surface area contributed by atoms with Crippen LogP contribution in [0.15, 0.2) is 0 Å². The van der Waals surface area contributed by atoms with Crippen LogP contribution in [0.5, 0.6) is 0 Å². The number of methoxy groups -OCH3 is 2. The maximum absolute atomic E-state index is 12.2. The summed E-state index contributed by atoms with van der Waals surface area (Å²) < 4.78 is 10.9. The van der Waals surface area contributed by atoms with Gasteiger partial charge in [-0.05, 0) is 41.4 Å². The number of ether oxygens (including phenoxy) is 2. The molecule has 2 fully saturated rings. The van der Waals surface area contributed by atoms with Gasteiger partial charge in [0.1, 0.15) is 5.78 Å². The van der Waals surface area contributed by atoms with Crippen LogP contribution in [-0.2, 0) is 14.3 Å². The number of hydrogen-bond acceptors (Lipinski definition) is 3. The lowest BCUT2D eigenvalue weighted by Crippen LogP contribution is -2.55. The zero-order chi connectivity index (χ0) is 15.8. The van der Waals surface area contributed by atoms with Gasteiger partial charge in [0.15, 0.2) is 6.29 Å². The van der Waals surface area contributed by atoms with Crippen LogP contribution in [0.25, 0.3) is 0 Å². The van der Waals surface area contributed by atoms with Crippen molar-refractivity contribution in [1.29, 1.82) is 0 Å². The highest BCUT2D eigenvalue weighted by molar-refractivity contribution is 5.80. The maximum atomic E-state index is 12.2. The summed E-state index contributed by atoms with van der Waals surface area (Å²) in [5.41, 5.74) is 0.384. The number of carbonyl (C=O) groups is 1. The fourth-order valence-corrected chi connectivity index (χ4v) is 5.04. The number of rotatable bonds is 4. The van der Waals surface area contributed by atoms with Gasteiger partial charge in [0.2, 0.25) is 0 Å². The Kier molecular flexibility index (Phi) is 4.84. The summed E-state index contributed by atoms with van der Waals surface area (Å²) in [6.07, 6.45) is 4.68. The second-order valence-corrected chi connectivity index (χ2v) is 7.96. The molecule has 3 heteroatoms. The van der Waals surface area contributed by atoms with Gasteiger partial charge >= 0.3 is 0 Å². The van der Waals surface area contributed by atoms with Crippen molar-refractivity contribution in [3.8, 4) is 0 Å². The molecule has 122 valence electrons. The topological polar surface area (TPSA) is 35.5 Å². The number of hydrogen-bond donors (Lipinski definition) is 0. The van der Waals surface area contributed by atoms with Crippen LogP contribution in [0, 0.1) is 28.6 Å². The first kappa shape index (κ1) is 17.0. The number of Topliss-reactive ketones (excluding diaryl/α,β-unsaturated/α-hetero) is 1. The highest BCUT2D eigenvalue weighted by atomic mass is 16.7. The monoisotopic (exact) mass is 296 g/mol. The Morgan fingerprint density at radius 1 is 1.14 bits per heavy atom. The average molecular weight is 296 g/mol. The molecule has 0 aliphatic heterocycles. The van der Waals surface area contributed by atoms with Gasteiger partial charge in [-0.25, -0.2) is 0 Å². The number of carbonyl (C=O) groups excluding carboxylic acids is 1. The molecule has 0 bridgehead atoms. The molecule has 0 aromatic carbocycles. The fraction of sp³-hybridized carbons (Fsp3) is 0.944. The zero-order valence-electron chi connectivity index (χ0n) is 14.6. The van der Waals surface area contributed by atoms with Crippen molar-refractivity contribution in [2.24, 2.45) is 28.6 Å². The lowest BCUT2D eigenvalue weighted by molar-refractivity contribution is -0.177. The minimum absolute atomic E-state index is 0.105. The molecule has 5 unspecified atom stereocenters. The van der Waals surface area contributed by atoms with Gasteiger partial charge in [0, 0.05) is 33.5 Å². The molecule has 2 rings (SSSR count). The van der Waals surface area contributed by atoms with Gasteiger partial charge in [-0.3, -0.25) is 4.79 Å². The Labute approximate surface area is 129 Å². The molecule has 2 aliphatic rings. The lowest BCUT2D eigenvalue weighted by atomic mass is 9.45. The van der Waals surface area contributed by atoms with Crippen molar-refractivity contribution in [1.82, 2.24) is 0 Å². The summed E-state index contributed by atoms with van der Waals surface area (Å²) in [5, 5.41) is 0. The van der Waals surface area contributed by atoms with Crippen LogP contribution in [0.4, 0.5) is 0 Å². The summed E-state index contributed by atoms with van der Waals surface area (Å²) in [6.45, 7) is 9.37. The van der Waals surface area contributed by atoms with E-state index in [0.717, 1.165) is 19.3 Å². The van der Waals surface area contributed by atoms with Gasteiger partial charge in [0.05, 0.1) is 0 Å². The second-order valence-electron chi connectivity index (χ2n) is 7.96. The second kappa shape index (κ2) is 6.00. The largest absolute Gasteiger partial charge is 0.356 e. The molecule has 5 atom stereocenters. The normalized spacial score (nSPS) is 44.0. The third-order valence-electron chi connectivity index (χ3n) is 7.06. The Morgan fingerprint density at radius 2 is 1.76 bits per heavy atom. The van der Waals surface area contributed by atoms with E-state index in [1.165, 1.54) is 12.8 Å². The molecule has 0 saturated heterocycles. The van der Waals surface area contributed by atoms with Crippen LogP contribution in [0.3, 0.4) is 0 Å². The molecule has 0 amide bonds. The highest BCUT2D eigenvalue weighted by Crippen LogP contribution is 2.62. The van der Waals surface area contributed by atoms with Gasteiger partial charge < -0.3 is 9.47 Å². The van der Waals surface area contributed by atoms with Gasteiger partial charge in [-0.1, -0.05) is 27.7 Å². The first-order valence-electron chi connectivity index (χ1n) is 8.35. The first-order valence-corrected chi connectivity index (χ1v) is 8.35. The standard InChI is InChI=1S/C18H32O3/c1-12-7-8-17(3)13(2)9-14(19)10-15(17)18(12,4)11-16(20-5)21-6/h12-13,15-16H,7-11H2,1-6H3. The Bertz CT molecular complexity index is 390. The summed E-state index contributed by atoms with van der Waals surface area (Å²) >= 11 is 0. The van der Waals surface area contributed by atoms with Gasteiger partial charge in [0.25, 0.3) is 0 Å². The number of ketones is 1. The fourth-order valence-electron chi connectivity index (χ4n) is 5.04. The van der Waals surface area contributed by atoms with Crippen LogP contribution in [0.2, 0.25) is 0 Å². The summed E-state index contributed by atoms with van der Waals surface area (Å²) in [5.74, 6) is 1.97. The van der Waals surface area contributed by atoms with Crippen molar-refractivity contribution in [2.75, 3.05) is 14.2 Å². The highest BCUT2D eigenvalue weighted by Gasteiger charge is 2.57. The Morgan fingerprint density at radius 3 is 2.33 bits per heavy atom.